The molecular weight excluding hydrogens is 299 g/mol. The summed E-state index contributed by atoms with van der Waals surface area (Å²) >= 11 is 0.847. The predicted octanol–water partition coefficient (Wildman–Crippen LogP) is 3.50. The standard InChI is InChI=1S/C14H10NO.ClH.Zn/c1-2-7-14-11(5-1)9-12(10-16-14)13-6-3-4-8-15-13;;/h1-7,9H,10H2;1H;/q-1;;+2/p-1. The number of hydrogen-bond donors (Lipinski definition) is 0. The van der Waals surface area contributed by atoms with Gasteiger partial charge in [-0.15, -0.1) is 6.07 Å². The summed E-state index contributed by atoms with van der Waals surface area (Å²) in [4.78, 5) is 4.20. The van der Waals surface area contributed by atoms with E-state index in [1.54, 1.807) is 6.07 Å². The fraction of sp³-hybridized carbons (Fsp3) is 0.0714. The van der Waals surface area contributed by atoms with Crippen LogP contribution in [-0.4, -0.2) is 11.6 Å². The quantitative estimate of drug-likeness (QED) is 0.594. The minimum absolute atomic E-state index is 0.571. The van der Waals surface area contributed by atoms with Crippen molar-refractivity contribution in [2.24, 2.45) is 0 Å². The Bertz CT molecular complexity index is 543. The molecular formula is C14H10ClNOZn. The molecule has 1 aliphatic rings. The van der Waals surface area contributed by atoms with Crippen LogP contribution in [0.25, 0.3) is 11.6 Å². The van der Waals surface area contributed by atoms with Crippen molar-refractivity contribution in [1.82, 2.24) is 4.98 Å². The van der Waals surface area contributed by atoms with E-state index in [9.17, 15) is 0 Å². The molecule has 0 saturated carbocycles. The smallest absolute Gasteiger partial charge is 0.126 e. The molecule has 0 bridgehead atoms. The van der Waals surface area contributed by atoms with Gasteiger partial charge in [0.2, 0.25) is 0 Å². The number of pyridine rings is 1. The van der Waals surface area contributed by atoms with E-state index in [1.807, 2.05) is 36.4 Å². The maximum absolute atomic E-state index is 5.67. The van der Waals surface area contributed by atoms with Crippen LogP contribution in [0.2, 0.25) is 0 Å². The van der Waals surface area contributed by atoms with Crippen LogP contribution in [-0.2, 0) is 17.3 Å². The number of aromatic nitrogens is 1. The molecule has 0 unspecified atom stereocenters. The van der Waals surface area contributed by atoms with E-state index in [-0.39, 0.29) is 0 Å². The van der Waals surface area contributed by atoms with Gasteiger partial charge in [-0.25, -0.2) is 0 Å². The van der Waals surface area contributed by atoms with Gasteiger partial charge in [0.25, 0.3) is 0 Å². The second kappa shape index (κ2) is 6.67. The number of ether oxygens (including phenoxy) is 1. The van der Waals surface area contributed by atoms with Gasteiger partial charge in [0, 0.05) is 5.56 Å². The van der Waals surface area contributed by atoms with Crippen molar-refractivity contribution >= 4 is 21.3 Å². The third kappa shape index (κ3) is 2.98. The first kappa shape index (κ1) is 13.3. The molecule has 2 heterocycles. The van der Waals surface area contributed by atoms with Gasteiger partial charge in [-0.3, -0.25) is 0 Å². The summed E-state index contributed by atoms with van der Waals surface area (Å²) < 4.78 is 5.67. The first-order valence-corrected chi connectivity index (χ1v) is 9.36. The fourth-order valence-corrected chi connectivity index (χ4v) is 1.77. The fourth-order valence-electron chi connectivity index (χ4n) is 1.77. The van der Waals surface area contributed by atoms with Gasteiger partial charge >= 0.3 is 27.0 Å². The molecule has 0 atom stereocenters. The largest absolute Gasteiger partial charge is 0.489 e. The van der Waals surface area contributed by atoms with Crippen LogP contribution in [0.5, 0.6) is 5.75 Å². The Morgan fingerprint density at radius 3 is 2.78 bits per heavy atom. The number of benzene rings is 1. The molecule has 4 heteroatoms. The molecule has 86 valence electrons. The van der Waals surface area contributed by atoms with E-state index in [1.165, 1.54) is 0 Å². The molecule has 2 nitrogen and oxygen atoms in total. The van der Waals surface area contributed by atoms with Gasteiger partial charge in [-0.2, -0.15) is 12.1 Å². The molecule has 1 aromatic heterocycles. The van der Waals surface area contributed by atoms with E-state index >= 15 is 0 Å². The second-order valence-electron chi connectivity index (χ2n) is 3.65. The summed E-state index contributed by atoms with van der Waals surface area (Å²) in [6.45, 7) is 0.571. The van der Waals surface area contributed by atoms with Gasteiger partial charge in [0.05, 0.1) is 0 Å². The predicted molar refractivity (Wildman–Crippen MR) is 68.7 cm³/mol. The van der Waals surface area contributed by atoms with Crippen LogP contribution in [0.4, 0.5) is 0 Å². The van der Waals surface area contributed by atoms with Crippen LogP contribution in [0.1, 0.15) is 11.3 Å². The SMILES string of the molecule is [Cl][Zn+].[c-]1cccc(C2=Cc3ccccc3OC2)n1. The molecule has 0 fully saturated rings. The molecule has 0 N–H and O–H groups in total. The number of hydrogen-bond acceptors (Lipinski definition) is 2. The van der Waals surface area contributed by atoms with E-state index in [2.05, 4.69) is 17.3 Å². The molecule has 2 aromatic rings. The monoisotopic (exact) mass is 307 g/mol. The van der Waals surface area contributed by atoms with E-state index in [0.29, 0.717) is 6.61 Å². The Kier molecular flexibility index (Phi) is 4.92. The van der Waals surface area contributed by atoms with Gasteiger partial charge in [-0.05, 0) is 17.3 Å². The van der Waals surface area contributed by atoms with E-state index < -0.39 is 0 Å². The van der Waals surface area contributed by atoms with Gasteiger partial charge in [-0.1, -0.05) is 30.5 Å². The second-order valence-corrected chi connectivity index (χ2v) is 3.65. The zero-order valence-electron chi connectivity index (χ0n) is 9.77. The first-order valence-electron chi connectivity index (χ1n) is 5.46. The average Bonchev–Trinajstić information content (AvgIpc) is 2.50. The summed E-state index contributed by atoms with van der Waals surface area (Å²) in [5.74, 6) is 0.936. The average molecular weight is 309 g/mol. The molecule has 0 spiro atoms. The van der Waals surface area contributed by atoms with Gasteiger partial charge < -0.3 is 9.72 Å². The van der Waals surface area contributed by atoms with E-state index in [0.717, 1.165) is 39.9 Å². The topological polar surface area (TPSA) is 22.1 Å². The van der Waals surface area contributed by atoms with Crippen LogP contribution < -0.4 is 4.74 Å². The van der Waals surface area contributed by atoms with E-state index in [4.69, 9.17) is 14.4 Å². The zero-order chi connectivity index (χ0) is 12.8. The van der Waals surface area contributed by atoms with Gasteiger partial charge in [0.1, 0.15) is 12.4 Å². The normalized spacial score (nSPS) is 12.5. The minimum atomic E-state index is 0.571. The Morgan fingerprint density at radius 2 is 2.00 bits per heavy atom. The summed E-state index contributed by atoms with van der Waals surface area (Å²) in [5, 5.41) is 0. The van der Waals surface area contributed by atoms with Crippen molar-refractivity contribution in [3.05, 3.63) is 59.9 Å². The van der Waals surface area contributed by atoms with Gasteiger partial charge in [0.15, 0.2) is 0 Å². The zero-order valence-corrected chi connectivity index (χ0v) is 13.5. The summed E-state index contributed by atoms with van der Waals surface area (Å²) in [6, 6.07) is 13.7. The molecule has 3 rings (SSSR count). The summed E-state index contributed by atoms with van der Waals surface area (Å²) in [7, 11) is 4.76. The number of para-hydroxylation sites is 1. The third-order valence-electron chi connectivity index (χ3n) is 2.57. The van der Waals surface area contributed by atoms with Crippen molar-refractivity contribution in [2.75, 3.05) is 6.61 Å². The van der Waals surface area contributed by atoms with Crippen molar-refractivity contribution in [2.45, 2.75) is 0 Å². The number of fused-ring (bicyclic) bond motifs is 1. The first-order chi connectivity index (χ1) is 8.93. The van der Waals surface area contributed by atoms with Crippen LogP contribution in [0.3, 0.4) is 0 Å². The van der Waals surface area contributed by atoms with Crippen molar-refractivity contribution in [3.63, 3.8) is 0 Å². The van der Waals surface area contributed by atoms with Crippen molar-refractivity contribution < 1.29 is 22.0 Å². The maximum atomic E-state index is 5.67. The number of halogens is 1. The summed E-state index contributed by atoms with van der Waals surface area (Å²) in [6.07, 6.45) is 4.96. The molecule has 1 aromatic carbocycles. The third-order valence-corrected chi connectivity index (χ3v) is 2.57. The molecule has 0 amide bonds. The molecule has 0 radical (unpaired) electrons. The van der Waals surface area contributed by atoms with Crippen LogP contribution in [0, 0.1) is 6.20 Å². The molecule has 0 saturated heterocycles. The van der Waals surface area contributed by atoms with Crippen LogP contribution in [0.15, 0.2) is 42.5 Å². The Balaban J connectivity index is 0.000000574. The number of rotatable bonds is 1. The Hall–Kier alpha value is -1.18. The number of nitrogens with zero attached hydrogens (tertiary/aromatic N) is 1. The molecule has 18 heavy (non-hydrogen) atoms. The van der Waals surface area contributed by atoms with Crippen LogP contribution >= 0.6 is 9.69 Å². The maximum Gasteiger partial charge on any atom is 0.126 e. The molecule has 1 aliphatic heterocycles. The minimum Gasteiger partial charge on any atom is -0.489 e. The summed E-state index contributed by atoms with van der Waals surface area (Å²) in [5.41, 5.74) is 3.13. The Labute approximate surface area is 120 Å². The van der Waals surface area contributed by atoms with Crippen molar-refractivity contribution in [1.29, 1.82) is 0 Å². The molecule has 0 aliphatic carbocycles. The van der Waals surface area contributed by atoms with Crippen molar-refractivity contribution in [3.8, 4) is 5.75 Å². The Morgan fingerprint density at radius 1 is 1.17 bits per heavy atom.